The molecular weight excluding hydrogens is 588 g/mol. The molecule has 1 heterocycles. The Kier molecular flexibility index (Phi) is 10.8. The predicted molar refractivity (Wildman–Crippen MR) is 175 cm³/mol. The third-order valence-corrected chi connectivity index (χ3v) is 8.54. The molecule has 4 aromatic carbocycles. The second-order valence-corrected chi connectivity index (χ2v) is 12.1. The Morgan fingerprint density at radius 2 is 1.49 bits per heavy atom. The molecule has 2 amide bonds. The fourth-order valence-electron chi connectivity index (χ4n) is 5.05. The molecule has 4 aromatic rings. The molecule has 45 heavy (non-hydrogen) atoms. The standard InChI is InChI=1S/C36H36N2O6S/c1-23(40)29-4-3-5-31(19-29)38-35(42)18-25-6-12-28(13-7-25)36-43-32(20-34(44-36)27-10-8-26(21-39)9-11-27)22-45-33-16-14-30(15-17-33)37-24(2)41/h3-17,19,32,34,36,39H,18,20-22H2,1-2H3,(H,37,41)(H,38,42). The van der Waals surface area contributed by atoms with Gasteiger partial charge in [-0.05, 0) is 60.0 Å². The van der Waals surface area contributed by atoms with Gasteiger partial charge in [0.2, 0.25) is 11.8 Å². The van der Waals surface area contributed by atoms with Crippen molar-refractivity contribution in [2.24, 2.45) is 0 Å². The number of Topliss-reactive ketones (excluding diaryl/α,β-unsaturated/α-hetero) is 1. The lowest BCUT2D eigenvalue weighted by Crippen LogP contribution is -2.31. The minimum atomic E-state index is -0.605. The number of hydrogen-bond acceptors (Lipinski definition) is 7. The van der Waals surface area contributed by atoms with Crippen LogP contribution in [0.1, 0.15) is 65.3 Å². The molecule has 232 valence electrons. The van der Waals surface area contributed by atoms with E-state index in [0.717, 1.165) is 32.8 Å². The van der Waals surface area contributed by atoms with Gasteiger partial charge in [-0.25, -0.2) is 0 Å². The van der Waals surface area contributed by atoms with Gasteiger partial charge in [0.1, 0.15) is 0 Å². The number of thioether (sulfide) groups is 1. The number of rotatable bonds is 11. The van der Waals surface area contributed by atoms with E-state index in [1.165, 1.54) is 13.8 Å². The number of hydrogen-bond donors (Lipinski definition) is 3. The van der Waals surface area contributed by atoms with Crippen LogP contribution < -0.4 is 10.6 Å². The Hall–Kier alpha value is -4.28. The third kappa shape index (κ3) is 9.12. The molecule has 0 aromatic heterocycles. The number of aliphatic hydroxyl groups is 1. The van der Waals surface area contributed by atoms with E-state index in [1.807, 2.05) is 72.8 Å². The van der Waals surface area contributed by atoms with Gasteiger partial charge in [-0.15, -0.1) is 11.8 Å². The minimum absolute atomic E-state index is 0.0211. The minimum Gasteiger partial charge on any atom is -0.392 e. The smallest absolute Gasteiger partial charge is 0.228 e. The Morgan fingerprint density at radius 1 is 0.800 bits per heavy atom. The summed E-state index contributed by atoms with van der Waals surface area (Å²) in [6.45, 7) is 2.96. The van der Waals surface area contributed by atoms with Gasteiger partial charge < -0.3 is 25.2 Å². The van der Waals surface area contributed by atoms with E-state index in [2.05, 4.69) is 10.6 Å². The number of aliphatic hydroxyl groups excluding tert-OH is 1. The molecule has 9 heteroatoms. The SMILES string of the molecule is CC(=O)Nc1ccc(SCC2CC(c3ccc(CO)cc3)OC(c3ccc(CC(=O)Nc4cccc(C(C)=O)c4)cc3)O2)cc1. The van der Waals surface area contributed by atoms with Crippen LogP contribution in [0.15, 0.2) is 102 Å². The lowest BCUT2D eigenvalue weighted by Gasteiger charge is -2.36. The molecule has 5 rings (SSSR count). The van der Waals surface area contributed by atoms with Gasteiger partial charge in [-0.1, -0.05) is 60.7 Å². The van der Waals surface area contributed by atoms with Crippen molar-refractivity contribution in [3.63, 3.8) is 0 Å². The van der Waals surface area contributed by atoms with Gasteiger partial charge in [0, 0.05) is 46.5 Å². The largest absolute Gasteiger partial charge is 0.392 e. The number of nitrogens with one attached hydrogen (secondary N) is 2. The first-order valence-corrected chi connectivity index (χ1v) is 15.7. The first-order chi connectivity index (χ1) is 21.7. The van der Waals surface area contributed by atoms with Gasteiger partial charge in [0.15, 0.2) is 12.1 Å². The lowest BCUT2D eigenvalue weighted by molar-refractivity contribution is -0.245. The predicted octanol–water partition coefficient (Wildman–Crippen LogP) is 6.86. The molecule has 3 atom stereocenters. The molecule has 1 saturated heterocycles. The normalized spacial score (nSPS) is 17.8. The zero-order valence-electron chi connectivity index (χ0n) is 25.2. The van der Waals surface area contributed by atoms with E-state index >= 15 is 0 Å². The van der Waals surface area contributed by atoms with Crippen LogP contribution in [0, 0.1) is 0 Å². The van der Waals surface area contributed by atoms with Gasteiger partial charge in [-0.2, -0.15) is 0 Å². The molecule has 0 bridgehead atoms. The summed E-state index contributed by atoms with van der Waals surface area (Å²) < 4.78 is 12.9. The number of carbonyl (C=O) groups is 3. The van der Waals surface area contributed by atoms with Gasteiger partial charge in [-0.3, -0.25) is 14.4 Å². The molecule has 1 aliphatic rings. The average molecular weight is 625 g/mol. The van der Waals surface area contributed by atoms with Gasteiger partial charge in [0.05, 0.1) is 25.2 Å². The second kappa shape index (κ2) is 15.1. The van der Waals surface area contributed by atoms with Gasteiger partial charge >= 0.3 is 0 Å². The molecule has 0 radical (unpaired) electrons. The van der Waals surface area contributed by atoms with Crippen molar-refractivity contribution in [2.45, 2.75) is 56.7 Å². The number of amides is 2. The maximum Gasteiger partial charge on any atom is 0.228 e. The van der Waals surface area contributed by atoms with E-state index in [0.29, 0.717) is 23.4 Å². The zero-order chi connectivity index (χ0) is 31.8. The Labute approximate surface area is 267 Å². The highest BCUT2D eigenvalue weighted by molar-refractivity contribution is 7.99. The highest BCUT2D eigenvalue weighted by atomic mass is 32.2. The summed E-state index contributed by atoms with van der Waals surface area (Å²) in [5.74, 6) is 0.356. The monoisotopic (exact) mass is 624 g/mol. The number of carbonyl (C=O) groups excluding carboxylic acids is 3. The van der Waals surface area contributed by atoms with Crippen LogP contribution in [-0.4, -0.2) is 34.6 Å². The van der Waals surface area contributed by atoms with E-state index in [4.69, 9.17) is 9.47 Å². The molecule has 1 aliphatic heterocycles. The molecular formula is C36H36N2O6S. The van der Waals surface area contributed by atoms with E-state index in [-0.39, 0.29) is 42.8 Å². The summed E-state index contributed by atoms with van der Waals surface area (Å²) >= 11 is 1.68. The first-order valence-electron chi connectivity index (χ1n) is 14.8. The summed E-state index contributed by atoms with van der Waals surface area (Å²) in [7, 11) is 0. The van der Waals surface area contributed by atoms with Crippen molar-refractivity contribution >= 4 is 40.7 Å². The molecule has 0 saturated carbocycles. The van der Waals surface area contributed by atoms with Crippen molar-refractivity contribution in [1.82, 2.24) is 0 Å². The Bertz CT molecular complexity index is 1620. The fourth-order valence-corrected chi connectivity index (χ4v) is 5.97. The third-order valence-electron chi connectivity index (χ3n) is 7.39. The van der Waals surface area contributed by atoms with E-state index < -0.39 is 6.29 Å². The Balaban J connectivity index is 1.26. The topological polar surface area (TPSA) is 114 Å². The maximum absolute atomic E-state index is 12.7. The van der Waals surface area contributed by atoms with Crippen LogP contribution in [0.25, 0.3) is 0 Å². The van der Waals surface area contributed by atoms with Crippen LogP contribution >= 0.6 is 11.8 Å². The number of benzene rings is 4. The molecule has 8 nitrogen and oxygen atoms in total. The summed E-state index contributed by atoms with van der Waals surface area (Å²) in [4.78, 5) is 36.8. The van der Waals surface area contributed by atoms with Crippen molar-refractivity contribution in [1.29, 1.82) is 0 Å². The number of ether oxygens (including phenoxy) is 2. The van der Waals surface area contributed by atoms with Crippen LogP contribution in [0.4, 0.5) is 11.4 Å². The quantitative estimate of drug-likeness (QED) is 0.123. The molecule has 3 unspecified atom stereocenters. The van der Waals surface area contributed by atoms with Crippen molar-refractivity contribution in [2.75, 3.05) is 16.4 Å². The summed E-state index contributed by atoms with van der Waals surface area (Å²) in [5, 5.41) is 15.1. The zero-order valence-corrected chi connectivity index (χ0v) is 26.0. The van der Waals surface area contributed by atoms with Crippen LogP contribution in [0.3, 0.4) is 0 Å². The van der Waals surface area contributed by atoms with E-state index in [9.17, 15) is 19.5 Å². The molecule has 0 spiro atoms. The number of ketones is 1. The van der Waals surface area contributed by atoms with Crippen LogP contribution in [0.2, 0.25) is 0 Å². The van der Waals surface area contributed by atoms with Gasteiger partial charge in [0.25, 0.3) is 0 Å². The molecule has 3 N–H and O–H groups in total. The average Bonchev–Trinajstić information content (AvgIpc) is 3.04. The van der Waals surface area contributed by atoms with Crippen LogP contribution in [-0.2, 0) is 32.1 Å². The highest BCUT2D eigenvalue weighted by Crippen LogP contribution is 2.39. The van der Waals surface area contributed by atoms with Crippen molar-refractivity contribution < 1.29 is 29.0 Å². The lowest BCUT2D eigenvalue weighted by atomic mass is 10.0. The fraction of sp³-hybridized carbons (Fsp3) is 0.250. The molecule has 0 aliphatic carbocycles. The second-order valence-electron chi connectivity index (χ2n) is 11.0. The van der Waals surface area contributed by atoms with E-state index in [1.54, 1.807) is 36.0 Å². The Morgan fingerprint density at radius 3 is 2.16 bits per heavy atom. The molecule has 1 fully saturated rings. The van der Waals surface area contributed by atoms with Crippen LogP contribution in [0.5, 0.6) is 0 Å². The maximum atomic E-state index is 12.7. The first kappa shape index (κ1) is 32.1. The summed E-state index contributed by atoms with van der Waals surface area (Å²) in [5.41, 5.74) is 5.41. The highest BCUT2D eigenvalue weighted by Gasteiger charge is 2.32. The number of anilines is 2. The van der Waals surface area contributed by atoms with Crippen molar-refractivity contribution in [3.8, 4) is 0 Å². The van der Waals surface area contributed by atoms with Crippen molar-refractivity contribution in [3.05, 3.63) is 125 Å². The summed E-state index contributed by atoms with van der Waals surface area (Å²) in [6, 6.07) is 30.0. The summed E-state index contributed by atoms with van der Waals surface area (Å²) in [6.07, 6.45) is -0.0830.